The third kappa shape index (κ3) is 3.34. The summed E-state index contributed by atoms with van der Waals surface area (Å²) >= 11 is 5.92. The maximum absolute atomic E-state index is 13.1. The Kier molecular flexibility index (Phi) is 5.09. The summed E-state index contributed by atoms with van der Waals surface area (Å²) in [5.41, 5.74) is 2.51. The smallest absolute Gasteiger partial charge is 0.193 e. The molecular formula is C24H16ClN3O2. The Labute approximate surface area is 178 Å². The zero-order valence-electron chi connectivity index (χ0n) is 16.0. The van der Waals surface area contributed by atoms with E-state index in [0.29, 0.717) is 21.9 Å². The molecule has 1 heterocycles. The molecule has 146 valence electrons. The molecule has 4 aromatic rings. The number of imidazole rings is 1. The molecule has 4 rings (SSSR count). The summed E-state index contributed by atoms with van der Waals surface area (Å²) in [6, 6.07) is 22.7. The number of hydrogen-bond donors (Lipinski definition) is 1. The number of aryl methyl sites for hydroxylation is 1. The fourth-order valence-electron chi connectivity index (χ4n) is 3.36. The van der Waals surface area contributed by atoms with Crippen LogP contribution in [0, 0.1) is 11.3 Å². The predicted octanol–water partition coefficient (Wildman–Crippen LogP) is 5.41. The molecule has 0 bridgehead atoms. The molecule has 0 atom stereocenters. The predicted molar refractivity (Wildman–Crippen MR) is 117 cm³/mol. The average Bonchev–Trinajstić information content (AvgIpc) is 3.11. The number of aliphatic hydroxyl groups is 1. The fraction of sp³-hybridized carbons (Fsp3) is 0.0417. The maximum atomic E-state index is 13.1. The number of benzene rings is 3. The Morgan fingerprint density at radius 3 is 2.30 bits per heavy atom. The number of nitrogens with zero attached hydrogens (tertiary/aromatic N) is 3. The van der Waals surface area contributed by atoms with Crippen LogP contribution in [-0.2, 0) is 7.05 Å². The first-order valence-corrected chi connectivity index (χ1v) is 9.54. The lowest BCUT2D eigenvalue weighted by Gasteiger charge is -2.10. The van der Waals surface area contributed by atoms with E-state index in [1.807, 2.05) is 30.3 Å². The highest BCUT2D eigenvalue weighted by atomic mass is 35.5. The number of fused-ring (bicyclic) bond motifs is 1. The first kappa shape index (κ1) is 19.4. The number of para-hydroxylation sites is 2. The first-order chi connectivity index (χ1) is 14.5. The highest BCUT2D eigenvalue weighted by Crippen LogP contribution is 2.29. The van der Waals surface area contributed by atoms with Crippen molar-refractivity contribution in [1.29, 1.82) is 5.26 Å². The number of ketones is 1. The lowest BCUT2D eigenvalue weighted by Crippen LogP contribution is -2.07. The Hall–Kier alpha value is -3.88. The van der Waals surface area contributed by atoms with Crippen LogP contribution < -0.4 is 0 Å². The molecular weight excluding hydrogens is 398 g/mol. The molecule has 0 aliphatic heterocycles. The third-order valence-electron chi connectivity index (χ3n) is 4.89. The van der Waals surface area contributed by atoms with E-state index in [-0.39, 0.29) is 28.2 Å². The zero-order valence-corrected chi connectivity index (χ0v) is 16.8. The van der Waals surface area contributed by atoms with Crippen molar-refractivity contribution in [3.05, 3.63) is 100 Å². The summed E-state index contributed by atoms with van der Waals surface area (Å²) in [6.45, 7) is 0. The van der Waals surface area contributed by atoms with Crippen molar-refractivity contribution < 1.29 is 9.90 Å². The van der Waals surface area contributed by atoms with Crippen LogP contribution in [-0.4, -0.2) is 20.4 Å². The maximum Gasteiger partial charge on any atom is 0.193 e. The molecule has 1 aromatic heterocycles. The van der Waals surface area contributed by atoms with Crippen molar-refractivity contribution in [3.63, 3.8) is 0 Å². The molecule has 6 heteroatoms. The van der Waals surface area contributed by atoms with Gasteiger partial charge in [0.1, 0.15) is 17.4 Å². The van der Waals surface area contributed by atoms with E-state index in [1.54, 1.807) is 60.1 Å². The lowest BCUT2D eigenvalue weighted by molar-refractivity contribution is 0.103. The van der Waals surface area contributed by atoms with Gasteiger partial charge in [0.25, 0.3) is 0 Å². The van der Waals surface area contributed by atoms with Crippen LogP contribution in [0.1, 0.15) is 27.3 Å². The topological polar surface area (TPSA) is 78.9 Å². The van der Waals surface area contributed by atoms with Gasteiger partial charge < -0.3 is 9.67 Å². The van der Waals surface area contributed by atoms with Gasteiger partial charge in [-0.2, -0.15) is 5.26 Å². The van der Waals surface area contributed by atoms with E-state index in [0.717, 1.165) is 5.52 Å². The summed E-state index contributed by atoms with van der Waals surface area (Å²) in [5.74, 6) is -0.255. The van der Waals surface area contributed by atoms with Crippen molar-refractivity contribution >= 4 is 39.7 Å². The molecule has 0 radical (unpaired) electrons. The number of hydrogen-bond acceptors (Lipinski definition) is 4. The minimum absolute atomic E-state index is 0.00921. The Bertz CT molecular complexity index is 1350. The SMILES string of the molecule is Cn1c(C(C#N)=C(O)c2ccccc2C(=O)c2ccc(Cl)cc2)nc2ccccc21. The summed E-state index contributed by atoms with van der Waals surface area (Å²) in [6.07, 6.45) is 0. The van der Waals surface area contributed by atoms with Gasteiger partial charge in [-0.3, -0.25) is 4.79 Å². The van der Waals surface area contributed by atoms with Crippen LogP contribution in [0.2, 0.25) is 5.02 Å². The minimum Gasteiger partial charge on any atom is -0.506 e. The third-order valence-corrected chi connectivity index (χ3v) is 5.14. The van der Waals surface area contributed by atoms with Crippen LogP contribution >= 0.6 is 11.6 Å². The second kappa shape index (κ2) is 7.86. The summed E-state index contributed by atoms with van der Waals surface area (Å²) in [7, 11) is 1.78. The average molecular weight is 414 g/mol. The quantitative estimate of drug-likeness (QED) is 0.275. The molecule has 3 aromatic carbocycles. The Morgan fingerprint density at radius 1 is 1.00 bits per heavy atom. The van der Waals surface area contributed by atoms with Crippen molar-refractivity contribution in [3.8, 4) is 6.07 Å². The van der Waals surface area contributed by atoms with Gasteiger partial charge in [0.2, 0.25) is 0 Å². The zero-order chi connectivity index (χ0) is 21.3. The van der Waals surface area contributed by atoms with Crippen LogP contribution in [0.3, 0.4) is 0 Å². The van der Waals surface area contributed by atoms with Crippen LogP contribution in [0.5, 0.6) is 0 Å². The molecule has 0 fully saturated rings. The molecule has 30 heavy (non-hydrogen) atoms. The number of aromatic nitrogens is 2. The lowest BCUT2D eigenvalue weighted by atomic mass is 9.95. The number of nitriles is 1. The van der Waals surface area contributed by atoms with E-state index in [2.05, 4.69) is 4.98 Å². The molecule has 5 nitrogen and oxygen atoms in total. The molecule has 0 aliphatic rings. The van der Waals surface area contributed by atoms with Gasteiger partial charge in [0.05, 0.1) is 11.0 Å². The second-order valence-electron chi connectivity index (χ2n) is 6.70. The number of carbonyl (C=O) groups is 1. The molecule has 0 aliphatic carbocycles. The van der Waals surface area contributed by atoms with Gasteiger partial charge in [-0.1, -0.05) is 48.0 Å². The van der Waals surface area contributed by atoms with Gasteiger partial charge >= 0.3 is 0 Å². The van der Waals surface area contributed by atoms with Gasteiger partial charge in [0, 0.05) is 28.8 Å². The van der Waals surface area contributed by atoms with E-state index >= 15 is 0 Å². The van der Waals surface area contributed by atoms with Crippen LogP contribution in [0.25, 0.3) is 22.4 Å². The number of carbonyl (C=O) groups excluding carboxylic acids is 1. The second-order valence-corrected chi connectivity index (χ2v) is 7.14. The highest BCUT2D eigenvalue weighted by Gasteiger charge is 2.22. The van der Waals surface area contributed by atoms with E-state index < -0.39 is 0 Å². The molecule has 0 unspecified atom stereocenters. The van der Waals surface area contributed by atoms with E-state index in [1.165, 1.54) is 0 Å². The van der Waals surface area contributed by atoms with E-state index in [4.69, 9.17) is 11.6 Å². The van der Waals surface area contributed by atoms with Crippen molar-refractivity contribution in [2.75, 3.05) is 0 Å². The highest BCUT2D eigenvalue weighted by molar-refractivity contribution is 6.30. The number of allylic oxidation sites excluding steroid dienone is 1. The molecule has 0 saturated carbocycles. The van der Waals surface area contributed by atoms with E-state index in [9.17, 15) is 15.2 Å². The number of halogens is 1. The van der Waals surface area contributed by atoms with Crippen molar-refractivity contribution in [2.45, 2.75) is 0 Å². The van der Waals surface area contributed by atoms with Crippen LogP contribution in [0.4, 0.5) is 0 Å². The number of rotatable bonds is 4. The monoisotopic (exact) mass is 413 g/mol. The van der Waals surface area contributed by atoms with Crippen LogP contribution in [0.15, 0.2) is 72.8 Å². The summed E-state index contributed by atoms with van der Waals surface area (Å²) < 4.78 is 1.74. The van der Waals surface area contributed by atoms with Gasteiger partial charge in [0.15, 0.2) is 11.6 Å². The first-order valence-electron chi connectivity index (χ1n) is 9.16. The molecule has 0 amide bonds. The Balaban J connectivity index is 1.88. The number of aliphatic hydroxyl groups excluding tert-OH is 1. The van der Waals surface area contributed by atoms with Crippen molar-refractivity contribution in [2.24, 2.45) is 7.05 Å². The fourth-order valence-corrected chi connectivity index (χ4v) is 3.48. The molecule has 1 N–H and O–H groups in total. The van der Waals surface area contributed by atoms with Gasteiger partial charge in [-0.05, 0) is 36.4 Å². The van der Waals surface area contributed by atoms with Gasteiger partial charge in [-0.15, -0.1) is 0 Å². The largest absolute Gasteiger partial charge is 0.506 e. The van der Waals surface area contributed by atoms with Gasteiger partial charge in [-0.25, -0.2) is 4.98 Å². The summed E-state index contributed by atoms with van der Waals surface area (Å²) in [5, 5.41) is 21.4. The summed E-state index contributed by atoms with van der Waals surface area (Å²) in [4.78, 5) is 17.6. The standard InChI is InChI=1S/C24H16ClN3O2/c1-28-21-9-5-4-8-20(21)27-24(28)19(14-26)23(30)18-7-3-2-6-17(18)22(29)15-10-12-16(25)13-11-15/h2-13,30H,1H3. The molecule has 0 saturated heterocycles. The van der Waals surface area contributed by atoms with Crippen molar-refractivity contribution in [1.82, 2.24) is 9.55 Å². The molecule has 0 spiro atoms. The Morgan fingerprint density at radius 2 is 1.63 bits per heavy atom. The minimum atomic E-state index is -0.297. The normalized spacial score (nSPS) is 11.8.